The van der Waals surface area contributed by atoms with Crippen molar-refractivity contribution in [1.29, 1.82) is 5.26 Å². The zero-order chi connectivity index (χ0) is 12.9. The van der Waals surface area contributed by atoms with Gasteiger partial charge in [-0.2, -0.15) is 5.26 Å². The fraction of sp³-hybridized carbons (Fsp3) is 0.385. The Labute approximate surface area is 106 Å². The lowest BCUT2D eigenvalue weighted by Gasteiger charge is -2.20. The fourth-order valence-electron chi connectivity index (χ4n) is 1.20. The van der Waals surface area contributed by atoms with Gasteiger partial charge >= 0.3 is 5.97 Å². The minimum absolute atomic E-state index is 0.319. The van der Waals surface area contributed by atoms with Crippen molar-refractivity contribution in [3.8, 4) is 6.07 Å². The number of benzene rings is 1. The molecule has 1 aromatic rings. The molecule has 1 rings (SSSR count). The fourth-order valence-corrected chi connectivity index (χ4v) is 1.91. The molecule has 17 heavy (non-hydrogen) atoms. The van der Waals surface area contributed by atoms with E-state index in [0.717, 1.165) is 4.90 Å². The molecule has 0 amide bonds. The molecule has 0 heterocycles. The molecular weight excluding hydrogens is 234 g/mol. The summed E-state index contributed by atoms with van der Waals surface area (Å²) in [7, 11) is 0. The third-order valence-corrected chi connectivity index (χ3v) is 2.74. The Bertz CT molecular complexity index is 443. The van der Waals surface area contributed by atoms with Crippen LogP contribution in [0, 0.1) is 11.3 Å². The van der Waals surface area contributed by atoms with Gasteiger partial charge in [-0.3, -0.25) is 0 Å². The number of nitrogens with zero attached hydrogens (tertiary/aromatic N) is 1. The first-order valence-corrected chi connectivity index (χ1v) is 6.25. The molecule has 3 nitrogen and oxygen atoms in total. The number of hydrogen-bond acceptors (Lipinski definition) is 4. The predicted octanol–water partition coefficient (Wildman–Crippen LogP) is 3.26. The van der Waals surface area contributed by atoms with Crippen LogP contribution in [0.3, 0.4) is 0 Å². The monoisotopic (exact) mass is 249 g/mol. The van der Waals surface area contributed by atoms with E-state index >= 15 is 0 Å². The molecule has 0 bridgehead atoms. The van der Waals surface area contributed by atoms with E-state index in [-0.39, 0.29) is 5.97 Å². The van der Waals surface area contributed by atoms with Gasteiger partial charge in [0.15, 0.2) is 0 Å². The Hall–Kier alpha value is -1.47. The van der Waals surface area contributed by atoms with Crippen molar-refractivity contribution in [3.63, 3.8) is 0 Å². The van der Waals surface area contributed by atoms with Gasteiger partial charge in [0.05, 0.1) is 17.4 Å². The average molecular weight is 249 g/mol. The second-order valence-electron chi connectivity index (χ2n) is 4.44. The smallest absolute Gasteiger partial charge is 0.339 e. The van der Waals surface area contributed by atoms with E-state index in [1.165, 1.54) is 11.8 Å². The molecule has 0 fully saturated rings. The van der Waals surface area contributed by atoms with Gasteiger partial charge in [-0.25, -0.2) is 4.79 Å². The minimum atomic E-state index is -0.510. The van der Waals surface area contributed by atoms with E-state index in [0.29, 0.717) is 11.3 Å². The quantitative estimate of drug-likeness (QED) is 0.609. The van der Waals surface area contributed by atoms with Crippen molar-refractivity contribution in [2.24, 2.45) is 0 Å². The van der Waals surface area contributed by atoms with Crippen molar-refractivity contribution in [2.75, 3.05) is 5.75 Å². The van der Waals surface area contributed by atoms with E-state index < -0.39 is 5.60 Å². The van der Waals surface area contributed by atoms with Crippen molar-refractivity contribution in [1.82, 2.24) is 0 Å². The van der Waals surface area contributed by atoms with Crippen molar-refractivity contribution >= 4 is 17.7 Å². The Morgan fingerprint density at radius 1 is 1.41 bits per heavy atom. The molecule has 90 valence electrons. The summed E-state index contributed by atoms with van der Waals surface area (Å²) in [6.45, 7) is 5.49. The number of rotatable bonds is 3. The molecule has 0 atom stereocenters. The summed E-state index contributed by atoms with van der Waals surface area (Å²) in [5.41, 5.74) is 0.00653. The van der Waals surface area contributed by atoms with Crippen LogP contribution in [0.1, 0.15) is 31.1 Å². The van der Waals surface area contributed by atoms with Crippen LogP contribution in [-0.4, -0.2) is 17.3 Å². The van der Waals surface area contributed by atoms with Crippen molar-refractivity contribution in [3.05, 3.63) is 29.8 Å². The minimum Gasteiger partial charge on any atom is -0.456 e. The van der Waals surface area contributed by atoms with Gasteiger partial charge in [-0.05, 0) is 32.9 Å². The molecule has 0 aliphatic heterocycles. The van der Waals surface area contributed by atoms with Gasteiger partial charge in [0.2, 0.25) is 0 Å². The molecule has 0 saturated heterocycles. The van der Waals surface area contributed by atoms with Gasteiger partial charge in [0.1, 0.15) is 5.60 Å². The van der Waals surface area contributed by atoms with Gasteiger partial charge < -0.3 is 4.74 Å². The molecule has 4 heteroatoms. The van der Waals surface area contributed by atoms with Crippen LogP contribution < -0.4 is 0 Å². The summed E-state index contributed by atoms with van der Waals surface area (Å²) >= 11 is 1.34. The molecular formula is C13H15NO2S. The molecule has 0 unspecified atom stereocenters. The van der Waals surface area contributed by atoms with Crippen LogP contribution in [0.4, 0.5) is 0 Å². The molecule has 1 aromatic carbocycles. The third kappa shape index (κ3) is 4.49. The highest BCUT2D eigenvalue weighted by Gasteiger charge is 2.19. The maximum absolute atomic E-state index is 11.9. The maximum Gasteiger partial charge on any atom is 0.339 e. The van der Waals surface area contributed by atoms with Crippen LogP contribution in [-0.2, 0) is 4.74 Å². The van der Waals surface area contributed by atoms with E-state index in [4.69, 9.17) is 10.00 Å². The zero-order valence-corrected chi connectivity index (χ0v) is 11.0. The second-order valence-corrected chi connectivity index (χ2v) is 5.46. The van der Waals surface area contributed by atoms with Crippen LogP contribution >= 0.6 is 11.8 Å². The molecule has 0 aliphatic rings. The number of hydrogen-bond donors (Lipinski definition) is 0. The van der Waals surface area contributed by atoms with Crippen LogP contribution in [0.25, 0.3) is 0 Å². The lowest BCUT2D eigenvalue weighted by Crippen LogP contribution is -2.24. The number of carbonyl (C=O) groups is 1. The molecule has 0 aliphatic carbocycles. The average Bonchev–Trinajstić information content (AvgIpc) is 2.24. The number of nitriles is 1. The summed E-state index contributed by atoms with van der Waals surface area (Å²) in [5, 5.41) is 8.56. The third-order valence-electron chi connectivity index (χ3n) is 1.80. The highest BCUT2D eigenvalue weighted by molar-refractivity contribution is 7.99. The molecule has 0 aromatic heterocycles. The number of ether oxygens (including phenoxy) is 1. The lowest BCUT2D eigenvalue weighted by molar-refractivity contribution is 0.00656. The van der Waals surface area contributed by atoms with E-state index in [9.17, 15) is 4.79 Å². The number of thioether (sulfide) groups is 1. The second kappa shape index (κ2) is 5.74. The van der Waals surface area contributed by atoms with Crippen molar-refractivity contribution < 1.29 is 9.53 Å². The summed E-state index contributed by atoms with van der Waals surface area (Å²) in [5.74, 6) is -0.0293. The number of carbonyl (C=O) groups excluding carboxylic acids is 1. The highest BCUT2D eigenvalue weighted by Crippen LogP contribution is 2.24. The Morgan fingerprint density at radius 3 is 2.65 bits per heavy atom. The molecule has 0 saturated carbocycles. The highest BCUT2D eigenvalue weighted by atomic mass is 32.2. The van der Waals surface area contributed by atoms with E-state index in [1.807, 2.05) is 39.0 Å². The van der Waals surface area contributed by atoms with Crippen molar-refractivity contribution in [2.45, 2.75) is 31.3 Å². The summed E-state index contributed by atoms with van der Waals surface area (Å²) < 4.78 is 5.31. The van der Waals surface area contributed by atoms with Gasteiger partial charge in [-0.1, -0.05) is 12.1 Å². The van der Waals surface area contributed by atoms with Gasteiger partial charge in [0, 0.05) is 4.90 Å². The molecule has 0 spiro atoms. The molecule has 0 N–H and O–H groups in total. The Balaban J connectivity index is 2.90. The van der Waals surface area contributed by atoms with Crippen LogP contribution in [0.15, 0.2) is 29.2 Å². The predicted molar refractivity (Wildman–Crippen MR) is 67.9 cm³/mol. The lowest BCUT2D eigenvalue weighted by atomic mass is 10.1. The SMILES string of the molecule is CC(C)(C)OC(=O)c1ccccc1SCC#N. The Morgan fingerprint density at radius 2 is 2.06 bits per heavy atom. The van der Waals surface area contributed by atoms with Crippen LogP contribution in [0.2, 0.25) is 0 Å². The summed E-state index contributed by atoms with van der Waals surface area (Å²) in [6.07, 6.45) is 0. The van der Waals surface area contributed by atoms with Gasteiger partial charge in [-0.15, -0.1) is 11.8 Å². The first kappa shape index (κ1) is 13.6. The van der Waals surface area contributed by atoms with E-state index in [2.05, 4.69) is 0 Å². The standard InChI is InChI=1S/C13H15NO2S/c1-13(2,3)16-12(15)10-6-4-5-7-11(10)17-9-8-14/h4-7H,9H2,1-3H3. The topological polar surface area (TPSA) is 50.1 Å². The Kier molecular flexibility index (Phi) is 4.59. The van der Waals surface area contributed by atoms with Crippen LogP contribution in [0.5, 0.6) is 0 Å². The summed E-state index contributed by atoms with van der Waals surface area (Å²) in [6, 6.07) is 9.21. The van der Waals surface area contributed by atoms with E-state index in [1.54, 1.807) is 12.1 Å². The summed E-state index contributed by atoms with van der Waals surface area (Å²) in [4.78, 5) is 12.7. The maximum atomic E-state index is 11.9. The number of esters is 1. The first-order valence-electron chi connectivity index (χ1n) is 5.26. The van der Waals surface area contributed by atoms with Gasteiger partial charge in [0.25, 0.3) is 0 Å². The first-order chi connectivity index (χ1) is 7.94. The molecule has 0 radical (unpaired) electrons. The normalized spacial score (nSPS) is 10.7. The largest absolute Gasteiger partial charge is 0.456 e. The zero-order valence-electron chi connectivity index (χ0n) is 10.2.